The largest absolute Gasteiger partial charge is 0.384 e. The Morgan fingerprint density at radius 2 is 0.898 bits per heavy atom. The molecule has 2 aliphatic carbocycles. The van der Waals surface area contributed by atoms with E-state index in [2.05, 4.69) is 239 Å². The molecule has 21 rings (SSSR count). The van der Waals surface area contributed by atoms with Gasteiger partial charge in [-0.05, 0) is 375 Å². The molecule has 754 valence electrons. The molecule has 13 fully saturated rings. The van der Waals surface area contributed by atoms with Crippen LogP contribution in [0.5, 0.6) is 0 Å². The fourth-order valence-electron chi connectivity index (χ4n) is 21.5. The van der Waals surface area contributed by atoms with Gasteiger partial charge < -0.3 is 99.4 Å². The lowest BCUT2D eigenvalue weighted by Crippen LogP contribution is -2.38. The fraction of sp³-hybridized carbons (Fsp3) is 0.618. The number of benzene rings is 2. The van der Waals surface area contributed by atoms with E-state index in [-0.39, 0.29) is 30.2 Å². The van der Waals surface area contributed by atoms with E-state index in [1.807, 2.05) is 117 Å². The third-order valence-corrected chi connectivity index (χ3v) is 30.3. The zero-order chi connectivity index (χ0) is 97.6. The molecule has 0 bridgehead atoms. The molecule has 8 aromatic rings. The average Bonchev–Trinajstić information content (AvgIpc) is 1.61. The molecule has 27 heteroatoms. The number of aromatic nitrogens is 6. The number of halogens is 2. The summed E-state index contributed by atoms with van der Waals surface area (Å²) in [4.78, 5) is 51.3. The summed E-state index contributed by atoms with van der Waals surface area (Å²) in [5, 5.41) is 3.42. The van der Waals surface area contributed by atoms with Crippen LogP contribution in [0, 0.1) is 35.5 Å². The second-order valence-corrected chi connectivity index (χ2v) is 42.1. The molecule has 25 nitrogen and oxygen atoms in total. The molecular formula is C110H175F2N25. The molecule has 11 aliphatic heterocycles. The van der Waals surface area contributed by atoms with Crippen LogP contribution >= 0.6 is 0 Å². The lowest BCUT2D eigenvalue weighted by atomic mass is 9.93. The van der Waals surface area contributed by atoms with Crippen molar-refractivity contribution in [3.8, 4) is 0 Å². The Morgan fingerprint density at radius 3 is 1.39 bits per heavy atom. The van der Waals surface area contributed by atoms with Crippen molar-refractivity contribution in [1.29, 1.82) is 0 Å². The molecule has 0 amide bonds. The number of nitrogen functional groups attached to an aromatic ring is 1. The van der Waals surface area contributed by atoms with Crippen molar-refractivity contribution in [3.63, 3.8) is 0 Å². The minimum atomic E-state index is -0.688. The first-order valence-corrected chi connectivity index (χ1v) is 51.6. The monoisotopic (exact) mass is 1880 g/mol. The van der Waals surface area contributed by atoms with Crippen LogP contribution in [-0.4, -0.2) is 342 Å². The SMILES string of the molecule is CN1CC(F)C(C2(N)CC2)C1.CN1CCC(C(N)C2CC2)C1.CN1CCC(C(N)CF)C1.CN1CCC(C(N)c2ccccc2)C1.CN1CCC(Cc2ccccn2)C1.CN1CCC(Nc2ccccn2)C1.CN1CCC(c2cccc(N)n2)C1.CN1CCC(c2ccccc2CN)C1.CN1CCC(c2ccccn2)C1.CN1CCC(c2cccnc2)C1.CN1CCC(c2cccnc2CN)C1. The molecule has 15 unspecified atom stereocenters. The van der Waals surface area contributed by atoms with Crippen LogP contribution in [0.3, 0.4) is 0 Å². The first kappa shape index (κ1) is 110. The molecule has 11 saturated heterocycles. The number of anilines is 2. The number of likely N-dealkylation sites (tertiary alicyclic amines) is 11. The van der Waals surface area contributed by atoms with Gasteiger partial charge in [0.15, 0.2) is 0 Å². The number of hydrogen-bond acceptors (Lipinski definition) is 25. The molecule has 0 spiro atoms. The highest BCUT2D eigenvalue weighted by atomic mass is 19.1. The Morgan fingerprint density at radius 1 is 0.401 bits per heavy atom. The van der Waals surface area contributed by atoms with E-state index in [9.17, 15) is 8.78 Å². The van der Waals surface area contributed by atoms with Gasteiger partial charge in [-0.1, -0.05) is 91.0 Å². The van der Waals surface area contributed by atoms with Crippen LogP contribution in [0.25, 0.3) is 0 Å². The highest BCUT2D eigenvalue weighted by Crippen LogP contribution is 2.45. The highest BCUT2D eigenvalue weighted by molar-refractivity contribution is 5.36. The summed E-state index contributed by atoms with van der Waals surface area (Å²) in [5.74, 6) is 8.51. The van der Waals surface area contributed by atoms with Gasteiger partial charge in [0.2, 0.25) is 0 Å². The lowest BCUT2D eigenvalue weighted by molar-refractivity contribution is 0.243. The van der Waals surface area contributed by atoms with E-state index >= 15 is 0 Å². The maximum atomic E-state index is 13.3. The van der Waals surface area contributed by atoms with Gasteiger partial charge in [-0.15, -0.1) is 0 Å². The molecule has 0 radical (unpaired) electrons. The maximum Gasteiger partial charge on any atom is 0.126 e. The van der Waals surface area contributed by atoms with E-state index in [1.165, 1.54) is 195 Å². The number of nitrogens with two attached hydrogens (primary N) is 7. The number of pyridine rings is 6. The zero-order valence-electron chi connectivity index (χ0n) is 85.3. The summed E-state index contributed by atoms with van der Waals surface area (Å²) in [5.41, 5.74) is 52.2. The van der Waals surface area contributed by atoms with Gasteiger partial charge in [-0.2, -0.15) is 0 Å². The molecule has 6 aromatic heterocycles. The summed E-state index contributed by atoms with van der Waals surface area (Å²) >= 11 is 0. The minimum absolute atomic E-state index is 0.104. The standard InChI is InChI=1S/2C12H18N2.C11H17N3.C11H16N2.2C10H15N3.2C10H14N2.C9H18N2.C8H15FN2.C7H15FN2/c1-14-7-6-11(9-14)12-5-3-2-4-10(12)8-13;1-14-8-7-11(9-14)12(13)10-5-3-2-4-6-10;1-14-6-4-9(8-14)10-3-2-5-13-11(10)7-12;1-13-7-5-10(9-13)8-11-4-2-3-6-12-11;1-13-6-5-8(7-13)9-3-2-4-10(11)12-9;1-13-7-5-9(8-13)12-10-4-2-3-6-11-10;1-12-6-4-10(8-12)9-3-2-5-11-7-9;1-12-7-5-9(8-12)10-4-2-3-6-11-10;1-11-5-4-8(6-11)9(10)7-2-3-7;1-11-4-6(7(9)5-11)8(10)2-3-8;1-10-3-2-6(5-10)7(9)4-8/h2-5,11H,6-9,13H2,1H3;2-6,11-12H,7-9,13H2,1H3;2-3,5,9H,4,6-8,12H2,1H3;2-4,6,10H,5,7-9H2,1H3;2-4,8H,5-7H2,1H3,(H2,11,12);2-4,6,9H,5,7-8H2,1H3,(H,11,12);2-3,5,7,10H,4,6,8H2,1H3;2-4,6,9H,5,7-8H2,1H3;7-9H,2-6,10H2,1H3;6-7H,2-5,10H2,1H3;6-7H,2-5,9H2,1H3. The number of alkyl halides is 2. The van der Waals surface area contributed by atoms with E-state index in [0.29, 0.717) is 79.0 Å². The Kier molecular flexibility index (Phi) is 45.8. The first-order valence-electron chi connectivity index (χ1n) is 51.6. The van der Waals surface area contributed by atoms with Crippen molar-refractivity contribution in [3.05, 3.63) is 239 Å². The van der Waals surface area contributed by atoms with Crippen LogP contribution in [0.15, 0.2) is 189 Å². The van der Waals surface area contributed by atoms with Gasteiger partial charge in [0, 0.05) is 193 Å². The van der Waals surface area contributed by atoms with E-state index in [1.54, 1.807) is 0 Å². The van der Waals surface area contributed by atoms with Gasteiger partial charge in [0.1, 0.15) is 24.5 Å². The lowest BCUT2D eigenvalue weighted by Gasteiger charge is -2.19. The Bertz CT molecular complexity index is 4420. The highest BCUT2D eigenvalue weighted by Gasteiger charge is 2.52. The van der Waals surface area contributed by atoms with Crippen molar-refractivity contribution in [1.82, 2.24) is 83.8 Å². The summed E-state index contributed by atoms with van der Waals surface area (Å²) in [7, 11) is 23.5. The Balaban J connectivity index is 0.000000145. The van der Waals surface area contributed by atoms with Crippen LogP contribution in [0.1, 0.15) is 176 Å². The zero-order valence-corrected chi connectivity index (χ0v) is 85.3. The van der Waals surface area contributed by atoms with Crippen molar-refractivity contribution in [2.24, 2.45) is 69.9 Å². The Hall–Kier alpha value is -7.88. The van der Waals surface area contributed by atoms with E-state index < -0.39 is 6.17 Å². The smallest absolute Gasteiger partial charge is 0.126 e. The second-order valence-electron chi connectivity index (χ2n) is 42.1. The molecule has 17 heterocycles. The van der Waals surface area contributed by atoms with Crippen molar-refractivity contribution >= 4 is 11.6 Å². The average molecular weight is 1890 g/mol. The molecule has 15 N–H and O–H groups in total. The summed E-state index contributed by atoms with van der Waals surface area (Å²) in [6.45, 7) is 25.7. The van der Waals surface area contributed by atoms with E-state index in [4.69, 9.17) is 40.1 Å². The number of rotatable bonds is 18. The summed E-state index contributed by atoms with van der Waals surface area (Å²) in [6, 6.07) is 52.6. The van der Waals surface area contributed by atoms with Crippen LogP contribution in [0.4, 0.5) is 20.4 Å². The number of likely N-dealkylation sites (N-methyl/N-ethyl adjacent to an activating group) is 6. The van der Waals surface area contributed by atoms with E-state index in [0.717, 1.165) is 113 Å². The maximum absolute atomic E-state index is 13.3. The molecule has 13 aliphatic rings. The molecule has 137 heavy (non-hydrogen) atoms. The second kappa shape index (κ2) is 57.3. The van der Waals surface area contributed by atoms with Gasteiger partial charge in [0.05, 0.1) is 5.69 Å². The summed E-state index contributed by atoms with van der Waals surface area (Å²) < 4.78 is 25.3. The number of nitrogens with one attached hydrogen (secondary N) is 1. The predicted molar refractivity (Wildman–Crippen MR) is 562 cm³/mol. The Labute approximate surface area is 823 Å². The van der Waals surface area contributed by atoms with Gasteiger partial charge in [0.25, 0.3) is 0 Å². The van der Waals surface area contributed by atoms with Crippen LogP contribution < -0.4 is 45.5 Å². The molecule has 15 atom stereocenters. The molecule has 2 aromatic carbocycles. The first-order chi connectivity index (χ1) is 66.2. The predicted octanol–water partition coefficient (Wildman–Crippen LogP) is 12.3. The topological polar surface area (TPSA) is 307 Å². The number of nitrogens with zero attached hydrogens (tertiary/aromatic N) is 17. The van der Waals surface area contributed by atoms with Gasteiger partial charge >= 0.3 is 0 Å². The molecule has 2 saturated carbocycles. The third kappa shape index (κ3) is 37.2. The van der Waals surface area contributed by atoms with Crippen LogP contribution in [-0.2, 0) is 19.5 Å². The van der Waals surface area contributed by atoms with Crippen LogP contribution in [0.2, 0.25) is 0 Å². The quantitative estimate of drug-likeness (QED) is 0.0396. The van der Waals surface area contributed by atoms with Crippen molar-refractivity contribution in [2.75, 3.05) is 239 Å². The van der Waals surface area contributed by atoms with Crippen molar-refractivity contribution in [2.45, 2.75) is 175 Å². The summed E-state index contributed by atoms with van der Waals surface area (Å²) in [6.07, 6.45) is 28.9. The van der Waals surface area contributed by atoms with Gasteiger partial charge in [-0.3, -0.25) is 19.9 Å². The molecular weight excluding hydrogens is 1710 g/mol. The van der Waals surface area contributed by atoms with Gasteiger partial charge in [-0.25, -0.2) is 18.7 Å². The fourth-order valence-corrected chi connectivity index (χ4v) is 21.5. The minimum Gasteiger partial charge on any atom is -0.384 e. The van der Waals surface area contributed by atoms with Crippen molar-refractivity contribution < 1.29 is 8.78 Å². The third-order valence-electron chi connectivity index (χ3n) is 30.3. The normalized spacial score (nSPS) is 26.8. The number of hydrogen-bond donors (Lipinski definition) is 8.